The van der Waals surface area contributed by atoms with Gasteiger partial charge in [0.25, 0.3) is 0 Å². The maximum atomic E-state index is 11.8. The summed E-state index contributed by atoms with van der Waals surface area (Å²) in [5.41, 5.74) is 0.0294. The van der Waals surface area contributed by atoms with Gasteiger partial charge in [0.2, 0.25) is 10.0 Å². The third-order valence-corrected chi connectivity index (χ3v) is 4.75. The summed E-state index contributed by atoms with van der Waals surface area (Å²) in [5, 5.41) is 3.30. The summed E-state index contributed by atoms with van der Waals surface area (Å²) in [6.07, 6.45) is 1.89. The quantitative estimate of drug-likeness (QED) is 0.760. The zero-order valence-corrected chi connectivity index (χ0v) is 13.0. The highest BCUT2D eigenvalue weighted by molar-refractivity contribution is 7.89. The van der Waals surface area contributed by atoms with Crippen LogP contribution in [0.15, 0.2) is 0 Å². The predicted octanol–water partition coefficient (Wildman–Crippen LogP) is 0.752. The van der Waals surface area contributed by atoms with Gasteiger partial charge < -0.3 is 10.1 Å². The predicted molar refractivity (Wildman–Crippen MR) is 75.7 cm³/mol. The van der Waals surface area contributed by atoms with Gasteiger partial charge in [-0.1, -0.05) is 6.92 Å². The SMILES string of the molecule is COC(C)CS(=O)(=O)NCC1(C)CCCNC1.Cl. The molecular formula is C11H25ClN2O3S. The van der Waals surface area contributed by atoms with Crippen molar-refractivity contribution in [3.63, 3.8) is 0 Å². The Morgan fingerprint density at radius 3 is 2.67 bits per heavy atom. The van der Waals surface area contributed by atoms with Crippen LogP contribution in [-0.4, -0.2) is 47.0 Å². The zero-order valence-electron chi connectivity index (χ0n) is 11.4. The number of methoxy groups -OCH3 is 1. The lowest BCUT2D eigenvalue weighted by Crippen LogP contribution is -2.46. The Morgan fingerprint density at radius 1 is 1.50 bits per heavy atom. The fourth-order valence-corrected chi connectivity index (χ4v) is 3.43. The van der Waals surface area contributed by atoms with Crippen molar-refractivity contribution in [1.82, 2.24) is 10.0 Å². The van der Waals surface area contributed by atoms with Gasteiger partial charge in [-0.3, -0.25) is 0 Å². The van der Waals surface area contributed by atoms with E-state index >= 15 is 0 Å². The van der Waals surface area contributed by atoms with Crippen molar-refractivity contribution in [2.24, 2.45) is 5.41 Å². The molecule has 1 aliphatic heterocycles. The Kier molecular flexibility index (Phi) is 7.70. The van der Waals surface area contributed by atoms with Crippen molar-refractivity contribution in [2.75, 3.05) is 32.5 Å². The molecule has 2 atom stereocenters. The molecule has 1 fully saturated rings. The van der Waals surface area contributed by atoms with Gasteiger partial charge in [0.15, 0.2) is 0 Å². The molecule has 0 spiro atoms. The lowest BCUT2D eigenvalue weighted by molar-refractivity contribution is 0.136. The second-order valence-corrected chi connectivity index (χ2v) is 7.09. The standard InChI is InChI=1S/C11H24N2O3S.ClH/c1-10(16-3)7-17(14,15)13-9-11(2)5-4-6-12-8-11;/h10,12-13H,4-9H2,1-3H3;1H. The van der Waals surface area contributed by atoms with Crippen LogP contribution in [0.2, 0.25) is 0 Å². The van der Waals surface area contributed by atoms with Crippen LogP contribution in [0.3, 0.4) is 0 Å². The molecule has 0 aliphatic carbocycles. The molecule has 1 saturated heterocycles. The Balaban J connectivity index is 0.00000289. The number of hydrogen-bond donors (Lipinski definition) is 2. The molecule has 0 aromatic carbocycles. The van der Waals surface area contributed by atoms with E-state index in [0.29, 0.717) is 6.54 Å². The number of piperidine rings is 1. The monoisotopic (exact) mass is 300 g/mol. The molecule has 1 heterocycles. The molecule has 5 nitrogen and oxygen atoms in total. The fraction of sp³-hybridized carbons (Fsp3) is 1.00. The van der Waals surface area contributed by atoms with E-state index in [2.05, 4.69) is 17.0 Å². The highest BCUT2D eigenvalue weighted by Gasteiger charge is 2.28. The topological polar surface area (TPSA) is 67.4 Å². The average molecular weight is 301 g/mol. The van der Waals surface area contributed by atoms with E-state index < -0.39 is 10.0 Å². The number of halogens is 1. The third-order valence-electron chi connectivity index (χ3n) is 3.26. The summed E-state index contributed by atoms with van der Waals surface area (Å²) in [6.45, 7) is 6.27. The molecule has 2 N–H and O–H groups in total. The van der Waals surface area contributed by atoms with Gasteiger partial charge in [0.1, 0.15) is 0 Å². The summed E-state index contributed by atoms with van der Waals surface area (Å²) >= 11 is 0. The smallest absolute Gasteiger partial charge is 0.214 e. The highest BCUT2D eigenvalue weighted by Crippen LogP contribution is 2.24. The van der Waals surface area contributed by atoms with Gasteiger partial charge in [-0.05, 0) is 31.7 Å². The van der Waals surface area contributed by atoms with E-state index in [1.807, 2.05) is 0 Å². The molecule has 1 aliphatic rings. The summed E-state index contributed by atoms with van der Waals surface area (Å²) < 4.78 is 31.2. The summed E-state index contributed by atoms with van der Waals surface area (Å²) in [6, 6.07) is 0. The third kappa shape index (κ3) is 6.33. The lowest BCUT2D eigenvalue weighted by Gasteiger charge is -2.34. The van der Waals surface area contributed by atoms with Gasteiger partial charge in [0, 0.05) is 20.2 Å². The second-order valence-electron chi connectivity index (χ2n) is 5.24. The van der Waals surface area contributed by atoms with Gasteiger partial charge in [-0.2, -0.15) is 0 Å². The first kappa shape index (κ1) is 18.1. The van der Waals surface area contributed by atoms with Crippen LogP contribution in [0.25, 0.3) is 0 Å². The zero-order chi connectivity index (χ0) is 12.9. The van der Waals surface area contributed by atoms with Crippen molar-refractivity contribution in [1.29, 1.82) is 0 Å². The highest BCUT2D eigenvalue weighted by atomic mass is 35.5. The maximum Gasteiger partial charge on any atom is 0.214 e. The van der Waals surface area contributed by atoms with E-state index in [1.54, 1.807) is 6.92 Å². The molecule has 110 valence electrons. The molecular weight excluding hydrogens is 276 g/mol. The van der Waals surface area contributed by atoms with Crippen LogP contribution < -0.4 is 10.0 Å². The minimum absolute atomic E-state index is 0. The first-order valence-electron chi connectivity index (χ1n) is 6.08. The summed E-state index contributed by atoms with van der Waals surface area (Å²) in [4.78, 5) is 0. The number of ether oxygens (including phenoxy) is 1. The number of hydrogen-bond acceptors (Lipinski definition) is 4. The summed E-state index contributed by atoms with van der Waals surface area (Å²) in [5.74, 6) is 0.0208. The van der Waals surface area contributed by atoms with Crippen LogP contribution in [-0.2, 0) is 14.8 Å². The van der Waals surface area contributed by atoms with Crippen molar-refractivity contribution in [3.8, 4) is 0 Å². The Labute approximate surface area is 117 Å². The molecule has 2 unspecified atom stereocenters. The largest absolute Gasteiger partial charge is 0.381 e. The molecule has 7 heteroatoms. The van der Waals surface area contributed by atoms with Crippen molar-refractivity contribution < 1.29 is 13.2 Å². The molecule has 0 aromatic heterocycles. The summed E-state index contributed by atoms with van der Waals surface area (Å²) in [7, 11) is -1.71. The van der Waals surface area contributed by atoms with Gasteiger partial charge in [-0.15, -0.1) is 12.4 Å². The number of nitrogens with one attached hydrogen (secondary N) is 2. The second kappa shape index (κ2) is 7.65. The Hall–Kier alpha value is 0.120. The van der Waals surface area contributed by atoms with Crippen LogP contribution in [0, 0.1) is 5.41 Å². The minimum Gasteiger partial charge on any atom is -0.381 e. The molecule has 1 rings (SSSR count). The van der Waals surface area contributed by atoms with Crippen LogP contribution in [0.5, 0.6) is 0 Å². The molecule has 0 bridgehead atoms. The molecule has 0 radical (unpaired) electrons. The van der Waals surface area contributed by atoms with Crippen LogP contribution in [0.4, 0.5) is 0 Å². The fourth-order valence-electron chi connectivity index (χ4n) is 1.99. The minimum atomic E-state index is -3.23. The number of rotatable bonds is 6. The van der Waals surface area contributed by atoms with E-state index in [0.717, 1.165) is 25.9 Å². The van der Waals surface area contributed by atoms with E-state index in [-0.39, 0.29) is 29.7 Å². The van der Waals surface area contributed by atoms with Gasteiger partial charge >= 0.3 is 0 Å². The Bertz CT molecular complexity index is 329. The maximum absolute atomic E-state index is 11.8. The molecule has 18 heavy (non-hydrogen) atoms. The van der Waals surface area contributed by atoms with Crippen molar-refractivity contribution >= 4 is 22.4 Å². The van der Waals surface area contributed by atoms with Gasteiger partial charge in [-0.25, -0.2) is 13.1 Å². The van der Waals surface area contributed by atoms with E-state index in [9.17, 15) is 8.42 Å². The normalized spacial score (nSPS) is 26.4. The van der Waals surface area contributed by atoms with Crippen LogP contribution in [0.1, 0.15) is 26.7 Å². The number of sulfonamides is 1. The van der Waals surface area contributed by atoms with E-state index in [4.69, 9.17) is 4.74 Å². The lowest BCUT2D eigenvalue weighted by atomic mass is 9.83. The van der Waals surface area contributed by atoms with Crippen molar-refractivity contribution in [2.45, 2.75) is 32.8 Å². The first-order chi connectivity index (χ1) is 7.87. The van der Waals surface area contributed by atoms with Crippen molar-refractivity contribution in [3.05, 3.63) is 0 Å². The Morgan fingerprint density at radius 2 is 2.17 bits per heavy atom. The van der Waals surface area contributed by atoms with Crippen LogP contribution >= 0.6 is 12.4 Å². The molecule has 0 amide bonds. The first-order valence-corrected chi connectivity index (χ1v) is 7.73. The molecule has 0 aromatic rings. The average Bonchev–Trinajstić information content (AvgIpc) is 2.27. The van der Waals surface area contributed by atoms with E-state index in [1.165, 1.54) is 7.11 Å². The van der Waals surface area contributed by atoms with Gasteiger partial charge in [0.05, 0.1) is 11.9 Å². The molecule has 0 saturated carbocycles.